The van der Waals surface area contributed by atoms with Crippen molar-refractivity contribution in [1.29, 1.82) is 0 Å². The largest absolute Gasteiger partial charge is 0.462 e. The van der Waals surface area contributed by atoms with Crippen molar-refractivity contribution in [2.75, 3.05) is 13.2 Å². The number of unbranched alkanes of at least 4 members (excludes halogenated alkanes) is 15. The first-order chi connectivity index (χ1) is 34.0. The van der Waals surface area contributed by atoms with Gasteiger partial charge in [-0.1, -0.05) is 199 Å². The van der Waals surface area contributed by atoms with E-state index in [1.807, 2.05) is 0 Å². The minimum atomic E-state index is -0.827. The highest BCUT2D eigenvalue weighted by molar-refractivity contribution is 5.71. The number of rotatable bonds is 48. The Kier molecular flexibility index (Phi) is 52.5. The van der Waals surface area contributed by atoms with E-state index in [2.05, 4.69) is 154 Å². The maximum atomic E-state index is 12.8. The molecule has 0 saturated carbocycles. The molecule has 0 fully saturated rings. The third kappa shape index (κ3) is 54.4. The highest BCUT2D eigenvalue weighted by Crippen LogP contribution is 2.11. The van der Waals surface area contributed by atoms with E-state index in [1.165, 1.54) is 51.4 Å². The Morgan fingerprint density at radius 2 is 0.565 bits per heavy atom. The van der Waals surface area contributed by atoms with Crippen molar-refractivity contribution in [1.82, 2.24) is 0 Å². The van der Waals surface area contributed by atoms with Crippen LogP contribution >= 0.6 is 0 Å². The molecule has 0 rings (SSSR count). The molecular weight excluding hydrogens is 853 g/mol. The van der Waals surface area contributed by atoms with Crippen LogP contribution in [-0.2, 0) is 28.6 Å². The molecular formula is C63H100O6. The monoisotopic (exact) mass is 953 g/mol. The number of allylic oxidation sites excluding steroid dienone is 22. The zero-order valence-electron chi connectivity index (χ0n) is 44.3. The first-order valence-corrected chi connectivity index (χ1v) is 27.7. The van der Waals surface area contributed by atoms with Gasteiger partial charge >= 0.3 is 17.9 Å². The average molecular weight is 953 g/mol. The molecule has 0 N–H and O–H groups in total. The van der Waals surface area contributed by atoms with Crippen molar-refractivity contribution in [3.63, 3.8) is 0 Å². The quantitative estimate of drug-likeness (QED) is 0.0262. The Hall–Kier alpha value is -4.45. The Labute approximate surface area is 424 Å². The minimum Gasteiger partial charge on any atom is -0.462 e. The fourth-order valence-electron chi connectivity index (χ4n) is 6.95. The molecule has 0 aromatic rings. The summed E-state index contributed by atoms with van der Waals surface area (Å²) < 4.78 is 16.8. The van der Waals surface area contributed by atoms with Gasteiger partial charge in [-0.05, 0) is 141 Å². The lowest BCUT2D eigenvalue weighted by Gasteiger charge is -2.18. The van der Waals surface area contributed by atoms with Crippen LogP contribution < -0.4 is 0 Å². The van der Waals surface area contributed by atoms with Gasteiger partial charge in [-0.15, -0.1) is 0 Å². The van der Waals surface area contributed by atoms with Gasteiger partial charge in [0.25, 0.3) is 0 Å². The lowest BCUT2D eigenvalue weighted by molar-refractivity contribution is -0.167. The number of carbonyl (C=O) groups is 3. The van der Waals surface area contributed by atoms with Crippen LogP contribution in [0.2, 0.25) is 0 Å². The molecule has 0 aliphatic rings. The second-order valence-corrected chi connectivity index (χ2v) is 17.7. The summed E-state index contributed by atoms with van der Waals surface area (Å²) in [5.74, 6) is -1.02. The van der Waals surface area contributed by atoms with E-state index in [-0.39, 0.29) is 37.5 Å². The number of carbonyl (C=O) groups excluding carboxylic acids is 3. The van der Waals surface area contributed by atoms with Crippen molar-refractivity contribution in [2.24, 2.45) is 0 Å². The molecule has 0 spiro atoms. The van der Waals surface area contributed by atoms with Gasteiger partial charge in [-0.25, -0.2) is 0 Å². The highest BCUT2D eigenvalue weighted by atomic mass is 16.6. The summed E-state index contributed by atoms with van der Waals surface area (Å²) in [6, 6.07) is 0. The smallest absolute Gasteiger partial charge is 0.306 e. The molecule has 0 bridgehead atoms. The molecule has 69 heavy (non-hydrogen) atoms. The molecule has 0 saturated heterocycles. The molecule has 0 amide bonds. The number of esters is 3. The van der Waals surface area contributed by atoms with Gasteiger partial charge in [0.1, 0.15) is 13.2 Å². The summed E-state index contributed by atoms with van der Waals surface area (Å²) in [4.78, 5) is 38.1. The fourth-order valence-corrected chi connectivity index (χ4v) is 6.95. The van der Waals surface area contributed by atoms with Gasteiger partial charge < -0.3 is 14.2 Å². The number of ether oxygens (including phenoxy) is 3. The van der Waals surface area contributed by atoms with Crippen LogP contribution in [0, 0.1) is 0 Å². The Bertz CT molecular complexity index is 1510. The Morgan fingerprint density at radius 1 is 0.304 bits per heavy atom. The van der Waals surface area contributed by atoms with E-state index >= 15 is 0 Å². The van der Waals surface area contributed by atoms with Crippen LogP contribution in [0.4, 0.5) is 0 Å². The summed E-state index contributed by atoms with van der Waals surface area (Å²) in [5, 5.41) is 0. The van der Waals surface area contributed by atoms with E-state index < -0.39 is 6.10 Å². The van der Waals surface area contributed by atoms with Crippen molar-refractivity contribution in [2.45, 2.75) is 232 Å². The van der Waals surface area contributed by atoms with Crippen LogP contribution in [0.5, 0.6) is 0 Å². The van der Waals surface area contributed by atoms with Crippen molar-refractivity contribution < 1.29 is 28.6 Å². The maximum Gasteiger partial charge on any atom is 0.306 e. The Balaban J connectivity index is 4.57. The lowest BCUT2D eigenvalue weighted by atomic mass is 10.1. The van der Waals surface area contributed by atoms with Crippen LogP contribution in [0.3, 0.4) is 0 Å². The van der Waals surface area contributed by atoms with E-state index in [9.17, 15) is 14.4 Å². The predicted molar refractivity (Wildman–Crippen MR) is 297 cm³/mol. The molecule has 6 nitrogen and oxygen atoms in total. The second kappa shape index (κ2) is 56.1. The molecule has 0 unspecified atom stereocenters. The summed E-state index contributed by atoms with van der Waals surface area (Å²) in [6.45, 7) is 6.37. The second-order valence-electron chi connectivity index (χ2n) is 17.7. The van der Waals surface area contributed by atoms with E-state index in [0.29, 0.717) is 19.3 Å². The zero-order chi connectivity index (χ0) is 50.0. The van der Waals surface area contributed by atoms with Crippen LogP contribution in [0.1, 0.15) is 226 Å². The van der Waals surface area contributed by atoms with Crippen LogP contribution in [-0.4, -0.2) is 37.2 Å². The fraction of sp³-hybridized carbons (Fsp3) is 0.603. The third-order valence-corrected chi connectivity index (χ3v) is 11.1. The van der Waals surface area contributed by atoms with Gasteiger partial charge in [0.2, 0.25) is 0 Å². The third-order valence-electron chi connectivity index (χ3n) is 11.1. The summed E-state index contributed by atoms with van der Waals surface area (Å²) in [6.07, 6.45) is 78.6. The summed E-state index contributed by atoms with van der Waals surface area (Å²) >= 11 is 0. The molecule has 388 valence electrons. The molecule has 0 aromatic heterocycles. The van der Waals surface area contributed by atoms with Gasteiger partial charge in [0.05, 0.1) is 0 Å². The highest BCUT2D eigenvalue weighted by Gasteiger charge is 2.19. The number of hydrogen-bond donors (Lipinski definition) is 0. The molecule has 0 aromatic carbocycles. The topological polar surface area (TPSA) is 78.9 Å². The standard InChI is InChI=1S/C63H100O6/c1-4-7-10-13-16-19-22-25-28-30-31-33-36-38-41-44-47-50-53-56-62(65)68-59-60(69-63(66)57-54-51-48-45-42-39-34-27-24-21-18-15-12-9-6-3)58-67-61(64)55-52-49-46-43-40-37-35-32-29-26-23-20-17-14-11-8-5-2/h7,10,16-21,25-29,31,33-35,37-38,41-42,45,60H,4-6,8-9,11-15,22-24,30,32,36,39-40,43-44,46-59H2,1-3H3/b10-7-,19-16-,20-17-,21-18-,28-25-,29-26-,33-31-,34-27-,37-35-,41-38-,45-42-/t60-/m0/s1. The zero-order valence-corrected chi connectivity index (χ0v) is 44.3. The minimum absolute atomic E-state index is 0.121. The lowest BCUT2D eigenvalue weighted by Crippen LogP contribution is -2.30. The maximum absolute atomic E-state index is 12.8. The van der Waals surface area contributed by atoms with Crippen molar-refractivity contribution >= 4 is 17.9 Å². The van der Waals surface area contributed by atoms with E-state index in [0.717, 1.165) is 128 Å². The van der Waals surface area contributed by atoms with Gasteiger partial charge in [-0.2, -0.15) is 0 Å². The molecule has 0 radical (unpaired) electrons. The normalized spacial score (nSPS) is 13.1. The van der Waals surface area contributed by atoms with Gasteiger partial charge in [0.15, 0.2) is 6.10 Å². The van der Waals surface area contributed by atoms with Crippen LogP contribution in [0.25, 0.3) is 0 Å². The van der Waals surface area contributed by atoms with E-state index in [1.54, 1.807) is 0 Å². The SMILES string of the molecule is CC/C=C\C/C=C\C/C=C\C/C=C\C/C=C\CCCCCC(=O)OC[C@H](COC(=O)CCCCCC/C=C\C/C=C\C/C=C\CCCCC)OC(=O)CCCC/C=C\C/C=C\C/C=C\CCCCC. The van der Waals surface area contributed by atoms with Gasteiger partial charge in [0, 0.05) is 19.3 Å². The molecule has 0 aliphatic carbocycles. The molecule has 6 heteroatoms. The molecule has 0 aliphatic heterocycles. The summed E-state index contributed by atoms with van der Waals surface area (Å²) in [5.41, 5.74) is 0. The molecule has 0 heterocycles. The summed E-state index contributed by atoms with van der Waals surface area (Å²) in [7, 11) is 0. The first-order valence-electron chi connectivity index (χ1n) is 27.7. The van der Waals surface area contributed by atoms with Crippen molar-refractivity contribution in [3.8, 4) is 0 Å². The predicted octanol–water partition coefficient (Wildman–Crippen LogP) is 18.6. The van der Waals surface area contributed by atoms with Gasteiger partial charge in [-0.3, -0.25) is 14.4 Å². The molecule has 1 atom stereocenters. The Morgan fingerprint density at radius 3 is 0.913 bits per heavy atom. The van der Waals surface area contributed by atoms with Crippen LogP contribution in [0.15, 0.2) is 134 Å². The first kappa shape index (κ1) is 64.5. The number of hydrogen-bond acceptors (Lipinski definition) is 6. The average Bonchev–Trinajstić information content (AvgIpc) is 3.35. The van der Waals surface area contributed by atoms with Crippen molar-refractivity contribution in [3.05, 3.63) is 134 Å². The van der Waals surface area contributed by atoms with E-state index in [4.69, 9.17) is 14.2 Å².